The lowest BCUT2D eigenvalue weighted by Gasteiger charge is -2.26. The highest BCUT2D eigenvalue weighted by atomic mass is 16.5. The molecule has 0 aliphatic heterocycles. The number of carbonyl (C=O) groups is 1. The minimum Gasteiger partial charge on any atom is -0.480 e. The van der Waals surface area contributed by atoms with Gasteiger partial charge in [0.05, 0.1) is 13.2 Å². The number of nitrogen functional groups attached to an aromatic ring is 1. The first-order chi connectivity index (χ1) is 10.0. The lowest BCUT2D eigenvalue weighted by atomic mass is 10.1. The molecule has 1 amide bonds. The summed E-state index contributed by atoms with van der Waals surface area (Å²) in [5.74, 6) is 0.184. The first kappa shape index (κ1) is 14.8. The molecule has 0 saturated heterocycles. The van der Waals surface area contributed by atoms with Crippen LogP contribution in [0.15, 0.2) is 42.6 Å². The molecule has 5 heteroatoms. The Labute approximate surface area is 124 Å². The van der Waals surface area contributed by atoms with Crippen molar-refractivity contribution in [1.29, 1.82) is 0 Å². The maximum Gasteiger partial charge on any atom is 0.259 e. The van der Waals surface area contributed by atoms with Gasteiger partial charge in [-0.25, -0.2) is 4.98 Å². The van der Waals surface area contributed by atoms with Gasteiger partial charge in [-0.05, 0) is 36.8 Å². The Hall–Kier alpha value is -2.56. The van der Waals surface area contributed by atoms with Gasteiger partial charge in [0, 0.05) is 18.9 Å². The largest absolute Gasteiger partial charge is 0.480 e. The van der Waals surface area contributed by atoms with Crippen molar-refractivity contribution in [2.24, 2.45) is 0 Å². The zero-order valence-corrected chi connectivity index (χ0v) is 12.4. The van der Waals surface area contributed by atoms with E-state index in [4.69, 9.17) is 10.5 Å². The average Bonchev–Trinajstić information content (AvgIpc) is 2.52. The van der Waals surface area contributed by atoms with E-state index in [9.17, 15) is 4.79 Å². The number of aromatic nitrogens is 1. The fourth-order valence-corrected chi connectivity index (χ4v) is 2.12. The maximum atomic E-state index is 12.6. The third-order valence-electron chi connectivity index (χ3n) is 3.49. The number of pyridine rings is 1. The van der Waals surface area contributed by atoms with Crippen LogP contribution < -0.4 is 10.5 Å². The molecule has 0 radical (unpaired) electrons. The fourth-order valence-electron chi connectivity index (χ4n) is 2.12. The van der Waals surface area contributed by atoms with Gasteiger partial charge in [-0.1, -0.05) is 12.1 Å². The highest BCUT2D eigenvalue weighted by Crippen LogP contribution is 2.24. The van der Waals surface area contributed by atoms with Crippen molar-refractivity contribution in [2.75, 3.05) is 19.9 Å². The number of hydrogen-bond acceptors (Lipinski definition) is 4. The summed E-state index contributed by atoms with van der Waals surface area (Å²) < 4.78 is 5.14. The summed E-state index contributed by atoms with van der Waals surface area (Å²) in [6, 6.07) is 10.8. The first-order valence-corrected chi connectivity index (χ1v) is 6.66. The summed E-state index contributed by atoms with van der Waals surface area (Å²) in [6.07, 6.45) is 1.59. The van der Waals surface area contributed by atoms with Crippen LogP contribution in [0.1, 0.15) is 28.9 Å². The average molecular weight is 285 g/mol. The van der Waals surface area contributed by atoms with E-state index in [1.54, 1.807) is 30.3 Å². The molecule has 0 aliphatic rings. The number of amides is 1. The number of nitrogens with two attached hydrogens (primary N) is 1. The van der Waals surface area contributed by atoms with Gasteiger partial charge in [0.25, 0.3) is 5.91 Å². The molecule has 21 heavy (non-hydrogen) atoms. The second kappa shape index (κ2) is 6.26. The van der Waals surface area contributed by atoms with E-state index in [0.717, 1.165) is 5.56 Å². The Kier molecular flexibility index (Phi) is 4.42. The van der Waals surface area contributed by atoms with Crippen LogP contribution >= 0.6 is 0 Å². The van der Waals surface area contributed by atoms with Crippen LogP contribution in [-0.4, -0.2) is 29.9 Å². The maximum absolute atomic E-state index is 12.6. The fraction of sp³-hybridized carbons (Fsp3) is 0.250. The summed E-state index contributed by atoms with van der Waals surface area (Å²) >= 11 is 0. The predicted molar refractivity (Wildman–Crippen MR) is 82.2 cm³/mol. The van der Waals surface area contributed by atoms with Crippen molar-refractivity contribution < 1.29 is 9.53 Å². The number of hydrogen-bond donors (Lipinski definition) is 1. The van der Waals surface area contributed by atoms with Crippen LogP contribution in [0.2, 0.25) is 0 Å². The number of anilines is 1. The summed E-state index contributed by atoms with van der Waals surface area (Å²) in [5, 5.41) is 0. The van der Waals surface area contributed by atoms with E-state index in [0.29, 0.717) is 17.1 Å². The van der Waals surface area contributed by atoms with Gasteiger partial charge in [0.1, 0.15) is 5.56 Å². The molecular weight excluding hydrogens is 266 g/mol. The molecule has 1 heterocycles. The smallest absolute Gasteiger partial charge is 0.259 e. The molecule has 1 unspecified atom stereocenters. The lowest BCUT2D eigenvalue weighted by molar-refractivity contribution is 0.0738. The molecule has 0 spiro atoms. The van der Waals surface area contributed by atoms with E-state index in [1.807, 2.05) is 31.2 Å². The van der Waals surface area contributed by atoms with E-state index in [-0.39, 0.29) is 11.9 Å². The molecule has 110 valence electrons. The standard InChI is InChI=1S/C16H19N3O2/c1-11(12-6-4-7-13(17)10-12)19(2)16(20)14-8-5-9-18-15(14)21-3/h4-11H,17H2,1-3H3. The van der Waals surface area contributed by atoms with Crippen molar-refractivity contribution in [1.82, 2.24) is 9.88 Å². The lowest BCUT2D eigenvalue weighted by Crippen LogP contribution is -2.30. The molecule has 0 bridgehead atoms. The van der Waals surface area contributed by atoms with E-state index < -0.39 is 0 Å². The Morgan fingerprint density at radius 1 is 1.33 bits per heavy atom. The van der Waals surface area contributed by atoms with Crippen LogP contribution in [0.25, 0.3) is 0 Å². The predicted octanol–water partition coefficient (Wildman–Crippen LogP) is 2.51. The SMILES string of the molecule is COc1ncccc1C(=O)N(C)C(C)c1cccc(N)c1. The number of ether oxygens (including phenoxy) is 1. The minimum absolute atomic E-state index is 0.106. The van der Waals surface area contributed by atoms with Gasteiger partial charge < -0.3 is 15.4 Å². The Bertz CT molecular complexity index is 643. The molecule has 1 atom stereocenters. The van der Waals surface area contributed by atoms with Crippen molar-refractivity contribution >= 4 is 11.6 Å². The molecular formula is C16H19N3O2. The Morgan fingerprint density at radius 2 is 2.10 bits per heavy atom. The molecule has 0 fully saturated rings. The summed E-state index contributed by atoms with van der Waals surface area (Å²) in [4.78, 5) is 18.3. The van der Waals surface area contributed by atoms with E-state index in [1.165, 1.54) is 7.11 Å². The summed E-state index contributed by atoms with van der Waals surface area (Å²) in [6.45, 7) is 1.95. The van der Waals surface area contributed by atoms with Crippen LogP contribution in [0.4, 0.5) is 5.69 Å². The van der Waals surface area contributed by atoms with Crippen LogP contribution in [0, 0.1) is 0 Å². The molecule has 2 rings (SSSR count). The molecule has 0 aliphatic carbocycles. The molecule has 1 aromatic heterocycles. The monoisotopic (exact) mass is 285 g/mol. The van der Waals surface area contributed by atoms with Gasteiger partial charge in [0.15, 0.2) is 0 Å². The molecule has 5 nitrogen and oxygen atoms in total. The second-order valence-corrected chi connectivity index (χ2v) is 4.82. The van der Waals surface area contributed by atoms with E-state index >= 15 is 0 Å². The number of methoxy groups -OCH3 is 1. The van der Waals surface area contributed by atoms with Crippen molar-refractivity contribution in [2.45, 2.75) is 13.0 Å². The van der Waals surface area contributed by atoms with Crippen LogP contribution in [-0.2, 0) is 0 Å². The normalized spacial score (nSPS) is 11.8. The number of nitrogens with zero attached hydrogens (tertiary/aromatic N) is 2. The first-order valence-electron chi connectivity index (χ1n) is 6.66. The van der Waals surface area contributed by atoms with Gasteiger partial charge in [-0.3, -0.25) is 4.79 Å². The zero-order valence-electron chi connectivity index (χ0n) is 12.4. The Morgan fingerprint density at radius 3 is 2.76 bits per heavy atom. The highest BCUT2D eigenvalue weighted by Gasteiger charge is 2.22. The van der Waals surface area contributed by atoms with Gasteiger partial charge in [-0.15, -0.1) is 0 Å². The third-order valence-corrected chi connectivity index (χ3v) is 3.49. The van der Waals surface area contributed by atoms with Gasteiger partial charge in [0.2, 0.25) is 5.88 Å². The van der Waals surface area contributed by atoms with Crippen molar-refractivity contribution in [3.05, 3.63) is 53.7 Å². The number of carbonyl (C=O) groups excluding carboxylic acids is 1. The highest BCUT2D eigenvalue weighted by molar-refractivity contribution is 5.96. The van der Waals surface area contributed by atoms with Gasteiger partial charge >= 0.3 is 0 Å². The van der Waals surface area contributed by atoms with Gasteiger partial charge in [-0.2, -0.15) is 0 Å². The minimum atomic E-state index is -0.144. The quantitative estimate of drug-likeness (QED) is 0.876. The molecule has 2 N–H and O–H groups in total. The molecule has 1 aromatic carbocycles. The third kappa shape index (κ3) is 3.13. The van der Waals surface area contributed by atoms with Crippen molar-refractivity contribution in [3.63, 3.8) is 0 Å². The molecule has 0 saturated carbocycles. The van der Waals surface area contributed by atoms with Crippen molar-refractivity contribution in [3.8, 4) is 5.88 Å². The number of rotatable bonds is 4. The zero-order chi connectivity index (χ0) is 15.4. The number of benzene rings is 1. The topological polar surface area (TPSA) is 68.5 Å². The second-order valence-electron chi connectivity index (χ2n) is 4.82. The van der Waals surface area contributed by atoms with Crippen LogP contribution in [0.3, 0.4) is 0 Å². The van der Waals surface area contributed by atoms with Crippen LogP contribution in [0.5, 0.6) is 5.88 Å². The van der Waals surface area contributed by atoms with E-state index in [2.05, 4.69) is 4.98 Å². The summed E-state index contributed by atoms with van der Waals surface area (Å²) in [5.41, 5.74) is 7.90. The summed E-state index contributed by atoms with van der Waals surface area (Å²) in [7, 11) is 3.25. The Balaban J connectivity index is 2.26. The molecule has 2 aromatic rings.